The van der Waals surface area contributed by atoms with Crippen molar-refractivity contribution in [1.29, 1.82) is 5.26 Å². The van der Waals surface area contributed by atoms with Crippen molar-refractivity contribution in [2.45, 2.75) is 37.7 Å². The lowest BCUT2D eigenvalue weighted by molar-refractivity contribution is -0.141. The average molecular weight is 602 g/mol. The molecule has 3 aromatic rings. The van der Waals surface area contributed by atoms with E-state index in [1.54, 1.807) is 18.2 Å². The normalized spacial score (nSPS) is 21.7. The van der Waals surface area contributed by atoms with Crippen molar-refractivity contribution in [3.63, 3.8) is 0 Å². The third-order valence-corrected chi connectivity index (χ3v) is 8.46. The van der Waals surface area contributed by atoms with Crippen molar-refractivity contribution >= 4 is 28.9 Å². The standard InChI is InChI=1S/C31H36FN9O3/c1-20(42)30(43)41-9-8-28(26(32)16-41)37-27-7-2-21(14-22(27)15-33)29-34-19-35-31(38-29)36-23-3-5-24(6-4-23)39-10-12-40(13-11-39)25-17-44-18-25/h2-7,14,19-20,25-26,28,37,42H,8-13,16-18H2,1H3,(H,34,35,36,38)/t20?,26-,28+/m1/s1. The highest BCUT2D eigenvalue weighted by molar-refractivity contribution is 5.80. The molecule has 2 aromatic carbocycles. The van der Waals surface area contributed by atoms with E-state index < -0.39 is 24.2 Å². The van der Waals surface area contributed by atoms with Crippen LogP contribution in [-0.4, -0.2) is 113 Å². The first kappa shape index (κ1) is 29.7. The first-order valence-electron chi connectivity index (χ1n) is 14.9. The van der Waals surface area contributed by atoms with Crippen molar-refractivity contribution in [3.05, 3.63) is 54.4 Å². The fraction of sp³-hybridized carbons (Fsp3) is 0.452. The summed E-state index contributed by atoms with van der Waals surface area (Å²) in [6.45, 7) is 7.31. The number of alkyl halides is 1. The summed E-state index contributed by atoms with van der Waals surface area (Å²) in [6.07, 6.45) is -0.746. The number of carbonyl (C=O) groups is 1. The highest BCUT2D eigenvalue weighted by Crippen LogP contribution is 2.27. The van der Waals surface area contributed by atoms with Crippen molar-refractivity contribution in [3.8, 4) is 17.5 Å². The van der Waals surface area contributed by atoms with E-state index >= 15 is 0 Å². The van der Waals surface area contributed by atoms with E-state index in [0.717, 1.165) is 45.1 Å². The Balaban J connectivity index is 1.07. The zero-order chi connectivity index (χ0) is 30.6. The molecule has 3 N–H and O–H groups in total. The first-order valence-corrected chi connectivity index (χ1v) is 14.9. The molecule has 1 unspecified atom stereocenters. The van der Waals surface area contributed by atoms with Crippen LogP contribution in [0.5, 0.6) is 0 Å². The van der Waals surface area contributed by atoms with Crippen molar-refractivity contribution in [2.24, 2.45) is 0 Å². The third kappa shape index (κ3) is 6.57. The molecule has 4 heterocycles. The Labute approximate surface area is 255 Å². The molecule has 3 aliphatic rings. The number of aromatic nitrogens is 3. The van der Waals surface area contributed by atoms with Crippen LogP contribution in [0.4, 0.5) is 27.4 Å². The van der Waals surface area contributed by atoms with Crippen molar-refractivity contribution in [2.75, 3.05) is 68.0 Å². The number of aliphatic hydroxyl groups excluding tert-OH is 1. The van der Waals surface area contributed by atoms with E-state index in [4.69, 9.17) is 4.74 Å². The topological polar surface area (TPSA) is 143 Å². The summed E-state index contributed by atoms with van der Waals surface area (Å²) in [7, 11) is 0. The molecule has 0 saturated carbocycles. The van der Waals surface area contributed by atoms with Crippen LogP contribution in [0.2, 0.25) is 0 Å². The van der Waals surface area contributed by atoms with Gasteiger partial charge in [0.25, 0.3) is 5.91 Å². The number of benzene rings is 2. The molecule has 1 aromatic heterocycles. The number of likely N-dealkylation sites (tertiary alicyclic amines) is 1. The van der Waals surface area contributed by atoms with Gasteiger partial charge in [0.05, 0.1) is 43.1 Å². The molecule has 1 amide bonds. The number of piperidine rings is 1. The number of ether oxygens (including phenoxy) is 1. The van der Waals surface area contributed by atoms with E-state index in [2.05, 4.69) is 53.6 Å². The number of hydrogen-bond acceptors (Lipinski definition) is 11. The maximum Gasteiger partial charge on any atom is 0.251 e. The zero-order valence-electron chi connectivity index (χ0n) is 24.6. The maximum absolute atomic E-state index is 14.9. The Bertz CT molecular complexity index is 1500. The Morgan fingerprint density at radius 3 is 2.55 bits per heavy atom. The van der Waals surface area contributed by atoms with Crippen molar-refractivity contribution in [1.82, 2.24) is 24.8 Å². The highest BCUT2D eigenvalue weighted by atomic mass is 19.1. The minimum Gasteiger partial charge on any atom is -0.384 e. The minimum atomic E-state index is -1.35. The highest BCUT2D eigenvalue weighted by Gasteiger charge is 2.33. The van der Waals surface area contributed by atoms with Gasteiger partial charge in [0.1, 0.15) is 24.7 Å². The molecule has 6 rings (SSSR count). The van der Waals surface area contributed by atoms with E-state index in [0.29, 0.717) is 47.6 Å². The van der Waals surface area contributed by atoms with Gasteiger partial charge in [0.2, 0.25) is 5.95 Å². The van der Waals surface area contributed by atoms with Crippen LogP contribution in [0.15, 0.2) is 48.8 Å². The van der Waals surface area contributed by atoms with Gasteiger partial charge in [-0.1, -0.05) is 0 Å². The maximum atomic E-state index is 14.9. The van der Waals surface area contributed by atoms with E-state index in [9.17, 15) is 19.6 Å². The number of nitriles is 1. The molecular weight excluding hydrogens is 565 g/mol. The molecule has 0 bridgehead atoms. The summed E-state index contributed by atoms with van der Waals surface area (Å²) in [5.74, 6) is 0.282. The number of aliphatic hydroxyl groups is 1. The lowest BCUT2D eigenvalue weighted by Gasteiger charge is -2.43. The van der Waals surface area contributed by atoms with Gasteiger partial charge in [0, 0.05) is 49.7 Å². The monoisotopic (exact) mass is 601 g/mol. The number of carbonyl (C=O) groups excluding carboxylic acids is 1. The van der Waals surface area contributed by atoms with Gasteiger partial charge in [-0.2, -0.15) is 10.2 Å². The lowest BCUT2D eigenvalue weighted by atomic mass is 10.0. The Kier molecular flexibility index (Phi) is 8.83. The molecule has 0 spiro atoms. The Morgan fingerprint density at radius 2 is 1.89 bits per heavy atom. The SMILES string of the molecule is CC(O)C(=O)N1CC[C@H](Nc2ccc(-c3ncnc(Nc4ccc(N5CCN(C6COC6)CC5)cc4)n3)cc2C#N)[C@H](F)C1. The quantitative estimate of drug-likeness (QED) is 0.350. The fourth-order valence-corrected chi connectivity index (χ4v) is 5.79. The van der Waals surface area contributed by atoms with Crippen LogP contribution in [-0.2, 0) is 9.53 Å². The van der Waals surface area contributed by atoms with Crippen LogP contribution >= 0.6 is 0 Å². The Morgan fingerprint density at radius 1 is 1.11 bits per heavy atom. The van der Waals surface area contributed by atoms with E-state index in [1.165, 1.54) is 23.8 Å². The molecule has 0 radical (unpaired) electrons. The van der Waals surface area contributed by atoms with Crippen LogP contribution in [0, 0.1) is 11.3 Å². The number of rotatable bonds is 8. The summed E-state index contributed by atoms with van der Waals surface area (Å²) in [5, 5.41) is 25.7. The predicted octanol–water partition coefficient (Wildman–Crippen LogP) is 2.41. The zero-order valence-corrected chi connectivity index (χ0v) is 24.6. The van der Waals surface area contributed by atoms with Gasteiger partial charge in [0.15, 0.2) is 5.82 Å². The Hall–Kier alpha value is -4.38. The van der Waals surface area contributed by atoms with Crippen LogP contribution in [0.3, 0.4) is 0 Å². The number of anilines is 4. The summed E-state index contributed by atoms with van der Waals surface area (Å²) >= 11 is 0. The van der Waals surface area contributed by atoms with Gasteiger partial charge in [-0.3, -0.25) is 9.69 Å². The van der Waals surface area contributed by atoms with E-state index in [-0.39, 0.29) is 6.54 Å². The second-order valence-corrected chi connectivity index (χ2v) is 11.4. The largest absolute Gasteiger partial charge is 0.384 e. The van der Waals surface area contributed by atoms with Crippen molar-refractivity contribution < 1.29 is 19.0 Å². The molecule has 0 aliphatic carbocycles. The number of hydrogen-bond donors (Lipinski definition) is 3. The fourth-order valence-electron chi connectivity index (χ4n) is 5.79. The van der Waals surface area contributed by atoms with Gasteiger partial charge < -0.3 is 30.3 Å². The summed E-state index contributed by atoms with van der Waals surface area (Å²) in [6, 6.07) is 15.5. The summed E-state index contributed by atoms with van der Waals surface area (Å²) in [5.41, 5.74) is 3.45. The molecular formula is C31H36FN9O3. The van der Waals surface area contributed by atoms with Crippen LogP contribution in [0.25, 0.3) is 11.4 Å². The smallest absolute Gasteiger partial charge is 0.251 e. The molecule has 44 heavy (non-hydrogen) atoms. The number of amides is 1. The second kappa shape index (κ2) is 13.1. The summed E-state index contributed by atoms with van der Waals surface area (Å²) < 4.78 is 20.3. The molecule has 13 heteroatoms. The van der Waals surface area contributed by atoms with Crippen LogP contribution in [0.1, 0.15) is 18.9 Å². The summed E-state index contributed by atoms with van der Waals surface area (Å²) in [4.78, 5) is 31.4. The van der Waals surface area contributed by atoms with E-state index in [1.807, 2.05) is 12.1 Å². The van der Waals surface area contributed by atoms with Gasteiger partial charge >= 0.3 is 0 Å². The van der Waals surface area contributed by atoms with Gasteiger partial charge in [-0.15, -0.1) is 0 Å². The molecule has 12 nitrogen and oxygen atoms in total. The first-order chi connectivity index (χ1) is 21.4. The number of nitrogens with zero attached hydrogens (tertiary/aromatic N) is 7. The second-order valence-electron chi connectivity index (χ2n) is 11.4. The molecule has 3 atom stereocenters. The van der Waals surface area contributed by atoms with Crippen LogP contribution < -0.4 is 15.5 Å². The predicted molar refractivity (Wildman–Crippen MR) is 163 cm³/mol. The molecule has 3 saturated heterocycles. The molecule has 3 fully saturated rings. The molecule has 230 valence electrons. The number of nitrogens with one attached hydrogen (secondary N) is 2. The third-order valence-electron chi connectivity index (χ3n) is 8.46. The minimum absolute atomic E-state index is 0.113. The van der Waals surface area contributed by atoms with Gasteiger partial charge in [-0.25, -0.2) is 14.4 Å². The van der Waals surface area contributed by atoms with Gasteiger partial charge in [-0.05, 0) is 55.8 Å². The molecule has 3 aliphatic heterocycles. The number of halogens is 1. The average Bonchev–Trinajstić information content (AvgIpc) is 3.02. The number of piperazine rings is 1. The lowest BCUT2D eigenvalue weighted by Crippen LogP contribution is -2.56.